The van der Waals surface area contributed by atoms with Crippen molar-refractivity contribution < 1.29 is 4.79 Å². The molecule has 0 saturated carbocycles. The average Bonchev–Trinajstić information content (AvgIpc) is 2.64. The highest BCUT2D eigenvalue weighted by Crippen LogP contribution is 2.25. The number of rotatable bonds is 5. The number of hydrogen-bond acceptors (Lipinski definition) is 6. The number of aryl methyl sites for hydroxylation is 1. The molecule has 1 amide bonds. The highest BCUT2D eigenvalue weighted by Gasteiger charge is 2.11. The van der Waals surface area contributed by atoms with Crippen LogP contribution < -0.4 is 21.9 Å². The van der Waals surface area contributed by atoms with Crippen LogP contribution in [0.5, 0.6) is 0 Å². The third kappa shape index (κ3) is 4.20. The molecule has 0 bridgehead atoms. The average molecular weight is 460 g/mol. The Morgan fingerprint density at radius 2 is 1.73 bits per heavy atom. The minimum atomic E-state index is -0.270. The molecule has 0 saturated heterocycles. The second-order valence-electron chi connectivity index (χ2n) is 5.51. The Morgan fingerprint density at radius 3 is 2.46 bits per heavy atom. The van der Waals surface area contributed by atoms with E-state index in [1.54, 1.807) is 6.07 Å². The summed E-state index contributed by atoms with van der Waals surface area (Å²) in [6.45, 7) is 1.87. The molecule has 0 aliphatic carbocycles. The Balaban J connectivity index is 1.72. The summed E-state index contributed by atoms with van der Waals surface area (Å²) in [4.78, 5) is 20.5. The second-order valence-corrected chi connectivity index (χ2v) is 6.76. The molecule has 0 atom stereocenters. The van der Waals surface area contributed by atoms with Crippen molar-refractivity contribution in [1.29, 1.82) is 0 Å². The van der Waals surface area contributed by atoms with E-state index in [2.05, 4.69) is 48.7 Å². The van der Waals surface area contributed by atoms with Crippen molar-refractivity contribution in [3.8, 4) is 0 Å². The predicted molar refractivity (Wildman–Crippen MR) is 111 cm³/mol. The Kier molecular flexibility index (Phi) is 5.52. The van der Waals surface area contributed by atoms with Crippen LogP contribution in [0.4, 0.5) is 23.0 Å². The van der Waals surface area contributed by atoms with Gasteiger partial charge in [-0.05, 0) is 65.4 Å². The van der Waals surface area contributed by atoms with Gasteiger partial charge in [-0.25, -0.2) is 9.97 Å². The number of amides is 1. The van der Waals surface area contributed by atoms with E-state index < -0.39 is 0 Å². The van der Waals surface area contributed by atoms with E-state index in [0.717, 1.165) is 14.8 Å². The summed E-state index contributed by atoms with van der Waals surface area (Å²) in [5, 5.41) is 3.14. The molecule has 0 spiro atoms. The third-order valence-corrected chi connectivity index (χ3v) is 4.39. The molecule has 0 unspecified atom stereocenters. The van der Waals surface area contributed by atoms with Crippen molar-refractivity contribution in [2.24, 2.45) is 0 Å². The van der Waals surface area contributed by atoms with Gasteiger partial charge in [-0.2, -0.15) is 0 Å². The van der Waals surface area contributed by atoms with Crippen LogP contribution in [0.25, 0.3) is 0 Å². The van der Waals surface area contributed by atoms with Gasteiger partial charge in [0.2, 0.25) is 0 Å². The Labute approximate surface area is 164 Å². The Bertz CT molecular complexity index is 929. The molecule has 8 heteroatoms. The molecule has 0 aliphatic rings. The van der Waals surface area contributed by atoms with Gasteiger partial charge in [-0.1, -0.05) is 18.2 Å². The lowest BCUT2D eigenvalue weighted by Crippen LogP contribution is -2.30. The van der Waals surface area contributed by atoms with E-state index in [-0.39, 0.29) is 5.91 Å². The largest absolute Gasteiger partial charge is 0.393 e. The molecular formula is C18H17IN6O. The van der Waals surface area contributed by atoms with Gasteiger partial charge in [0.25, 0.3) is 5.91 Å². The summed E-state index contributed by atoms with van der Waals surface area (Å²) >= 11 is 2.24. The first-order chi connectivity index (χ1) is 12.5. The number of benzene rings is 2. The zero-order chi connectivity index (χ0) is 18.5. The number of nitrogens with two attached hydrogens (primary N) is 1. The maximum atomic E-state index is 12.3. The van der Waals surface area contributed by atoms with Gasteiger partial charge in [0.05, 0.1) is 0 Å². The monoisotopic (exact) mass is 460 g/mol. The van der Waals surface area contributed by atoms with Crippen LogP contribution in [0.3, 0.4) is 0 Å². The van der Waals surface area contributed by atoms with Gasteiger partial charge < -0.3 is 11.1 Å². The van der Waals surface area contributed by atoms with Gasteiger partial charge >= 0.3 is 0 Å². The van der Waals surface area contributed by atoms with Crippen LogP contribution >= 0.6 is 22.6 Å². The minimum Gasteiger partial charge on any atom is -0.393 e. The van der Waals surface area contributed by atoms with Crippen LogP contribution in [0.1, 0.15) is 15.9 Å². The highest BCUT2D eigenvalue weighted by molar-refractivity contribution is 14.1. The summed E-state index contributed by atoms with van der Waals surface area (Å²) in [7, 11) is 0. The Hall–Kier alpha value is -2.88. The molecule has 1 heterocycles. The quantitative estimate of drug-likeness (QED) is 0.344. The molecule has 2 aromatic carbocycles. The Morgan fingerprint density at radius 1 is 1.04 bits per heavy atom. The summed E-state index contributed by atoms with van der Waals surface area (Å²) in [5.41, 5.74) is 14.1. The van der Waals surface area contributed by atoms with E-state index >= 15 is 0 Å². The summed E-state index contributed by atoms with van der Waals surface area (Å²) < 4.78 is 1.13. The number of nitrogen functional groups attached to an aromatic ring is 1. The first kappa shape index (κ1) is 17.9. The van der Waals surface area contributed by atoms with Gasteiger partial charge in [0.1, 0.15) is 12.0 Å². The molecule has 26 heavy (non-hydrogen) atoms. The minimum absolute atomic E-state index is 0.270. The van der Waals surface area contributed by atoms with Gasteiger partial charge in [-0.15, -0.1) is 0 Å². The smallest absolute Gasteiger partial charge is 0.269 e. The van der Waals surface area contributed by atoms with Crippen molar-refractivity contribution in [3.63, 3.8) is 0 Å². The van der Waals surface area contributed by atoms with Crippen molar-refractivity contribution in [3.05, 3.63) is 69.6 Å². The second kappa shape index (κ2) is 8.00. The molecule has 3 aromatic rings. The van der Waals surface area contributed by atoms with Crippen molar-refractivity contribution in [2.45, 2.75) is 6.92 Å². The molecule has 0 radical (unpaired) electrons. The van der Waals surface area contributed by atoms with E-state index in [0.29, 0.717) is 22.9 Å². The normalized spacial score (nSPS) is 10.2. The number of carbonyl (C=O) groups is 1. The number of nitrogens with one attached hydrogen (secondary N) is 3. The van der Waals surface area contributed by atoms with Gasteiger partial charge in [0, 0.05) is 14.8 Å². The van der Waals surface area contributed by atoms with Gasteiger partial charge in [0.15, 0.2) is 11.6 Å². The van der Waals surface area contributed by atoms with Crippen molar-refractivity contribution >= 4 is 51.5 Å². The molecular weight excluding hydrogens is 443 g/mol. The fourth-order valence-corrected chi connectivity index (χ4v) is 2.64. The zero-order valence-corrected chi connectivity index (χ0v) is 16.1. The van der Waals surface area contributed by atoms with Crippen LogP contribution in [-0.4, -0.2) is 15.9 Å². The predicted octanol–water partition coefficient (Wildman–Crippen LogP) is 3.47. The number of halogens is 1. The molecule has 7 nitrogen and oxygen atoms in total. The number of carbonyl (C=O) groups excluding carboxylic acids is 1. The first-order valence-corrected chi connectivity index (χ1v) is 8.87. The van der Waals surface area contributed by atoms with E-state index in [4.69, 9.17) is 5.73 Å². The summed E-state index contributed by atoms with van der Waals surface area (Å²) in [6, 6.07) is 15.1. The number of aromatic nitrogens is 2. The van der Waals surface area contributed by atoms with Crippen molar-refractivity contribution in [1.82, 2.24) is 15.4 Å². The maximum absolute atomic E-state index is 12.3. The number of anilines is 4. The van der Waals surface area contributed by atoms with Crippen LogP contribution in [-0.2, 0) is 0 Å². The van der Waals surface area contributed by atoms with Crippen LogP contribution in [0.2, 0.25) is 0 Å². The molecule has 0 fully saturated rings. The standard InChI is InChI=1S/C18H17IN6O/c1-11-4-2-3-5-14(11)18(26)25-24-17-15(20)16(21-10-22-17)23-13-8-6-12(19)7-9-13/h2-10H,20H2,1H3,(H,25,26)(H2,21,22,23,24). The zero-order valence-electron chi connectivity index (χ0n) is 14.0. The maximum Gasteiger partial charge on any atom is 0.269 e. The topological polar surface area (TPSA) is 105 Å². The first-order valence-electron chi connectivity index (χ1n) is 7.79. The number of nitrogens with zero attached hydrogens (tertiary/aromatic N) is 2. The molecule has 5 N–H and O–H groups in total. The van der Waals surface area contributed by atoms with Gasteiger partial charge in [-0.3, -0.25) is 15.6 Å². The summed E-state index contributed by atoms with van der Waals surface area (Å²) in [6.07, 6.45) is 1.37. The fraction of sp³-hybridized carbons (Fsp3) is 0.0556. The molecule has 1 aromatic heterocycles. The van der Waals surface area contributed by atoms with E-state index in [9.17, 15) is 4.79 Å². The van der Waals surface area contributed by atoms with E-state index in [1.165, 1.54) is 6.33 Å². The third-order valence-electron chi connectivity index (χ3n) is 3.67. The van der Waals surface area contributed by atoms with E-state index in [1.807, 2.05) is 49.4 Å². The number of hydrazine groups is 1. The summed E-state index contributed by atoms with van der Waals surface area (Å²) in [5.74, 6) is 0.497. The molecule has 3 rings (SSSR count). The lowest BCUT2D eigenvalue weighted by molar-refractivity contribution is 0.0962. The van der Waals surface area contributed by atoms with Crippen LogP contribution in [0.15, 0.2) is 54.9 Å². The van der Waals surface area contributed by atoms with Crippen LogP contribution in [0, 0.1) is 10.5 Å². The fourth-order valence-electron chi connectivity index (χ4n) is 2.28. The highest BCUT2D eigenvalue weighted by atomic mass is 127. The van der Waals surface area contributed by atoms with Crippen molar-refractivity contribution in [2.75, 3.05) is 16.5 Å². The SMILES string of the molecule is Cc1ccccc1C(=O)NNc1ncnc(Nc2ccc(I)cc2)c1N. The molecule has 0 aliphatic heterocycles. The number of hydrogen-bond donors (Lipinski definition) is 4. The lowest BCUT2D eigenvalue weighted by atomic mass is 10.1. The molecule has 132 valence electrons. The lowest BCUT2D eigenvalue weighted by Gasteiger charge is -2.13.